The number of anilines is 2. The molecule has 0 aromatic heterocycles. The van der Waals surface area contributed by atoms with Crippen molar-refractivity contribution in [1.29, 1.82) is 0 Å². The Balaban J connectivity index is 1.96. The molecule has 5 amide bonds. The van der Waals surface area contributed by atoms with Crippen molar-refractivity contribution in [2.75, 3.05) is 29.9 Å². The Morgan fingerprint density at radius 3 is 2.48 bits per heavy atom. The molecule has 1 fully saturated rings. The lowest BCUT2D eigenvalue weighted by molar-refractivity contribution is -0.126. The van der Waals surface area contributed by atoms with Crippen LogP contribution in [0.15, 0.2) is 24.3 Å². The predicted octanol–water partition coefficient (Wildman–Crippen LogP) is 2.28. The molecule has 1 saturated heterocycles. The molecular weight excluding hydrogens is 346 g/mol. The molecule has 1 aliphatic heterocycles. The summed E-state index contributed by atoms with van der Waals surface area (Å²) >= 11 is 0. The lowest BCUT2D eigenvalue weighted by Gasteiger charge is -2.27. The topological polar surface area (TPSA) is 103 Å². The SMILES string of the molecule is CC(C)(C)CNC(=O)C(C)(C)NC(=O)Nc1cccc(N2CCNC2=O)c1. The van der Waals surface area contributed by atoms with E-state index in [0.29, 0.717) is 31.0 Å². The van der Waals surface area contributed by atoms with Gasteiger partial charge in [-0.05, 0) is 37.5 Å². The fraction of sp³-hybridized carbons (Fsp3) is 0.526. The molecule has 0 unspecified atom stereocenters. The van der Waals surface area contributed by atoms with Crippen LogP contribution in [-0.2, 0) is 4.79 Å². The summed E-state index contributed by atoms with van der Waals surface area (Å²) in [6, 6.07) is 6.36. The van der Waals surface area contributed by atoms with E-state index in [1.54, 1.807) is 43.0 Å². The van der Waals surface area contributed by atoms with Crippen molar-refractivity contribution < 1.29 is 14.4 Å². The number of urea groups is 2. The Morgan fingerprint density at radius 2 is 1.89 bits per heavy atom. The summed E-state index contributed by atoms with van der Waals surface area (Å²) in [7, 11) is 0. The molecule has 0 aliphatic carbocycles. The Labute approximate surface area is 160 Å². The van der Waals surface area contributed by atoms with Crippen molar-refractivity contribution in [3.8, 4) is 0 Å². The highest BCUT2D eigenvalue weighted by Crippen LogP contribution is 2.21. The van der Waals surface area contributed by atoms with Gasteiger partial charge in [-0.15, -0.1) is 0 Å². The lowest BCUT2D eigenvalue weighted by Crippen LogP contribution is -2.56. The Kier molecular flexibility index (Phi) is 5.98. The first-order chi connectivity index (χ1) is 12.5. The first kappa shape index (κ1) is 20.5. The van der Waals surface area contributed by atoms with Crippen LogP contribution in [-0.4, -0.2) is 43.1 Å². The van der Waals surface area contributed by atoms with Gasteiger partial charge in [-0.3, -0.25) is 9.69 Å². The van der Waals surface area contributed by atoms with Crippen molar-refractivity contribution in [3.05, 3.63) is 24.3 Å². The van der Waals surface area contributed by atoms with E-state index < -0.39 is 11.6 Å². The van der Waals surface area contributed by atoms with E-state index >= 15 is 0 Å². The second-order valence-electron chi connectivity index (χ2n) is 8.38. The summed E-state index contributed by atoms with van der Waals surface area (Å²) in [6.07, 6.45) is 0. The summed E-state index contributed by atoms with van der Waals surface area (Å²) in [6.45, 7) is 11.0. The van der Waals surface area contributed by atoms with Crippen LogP contribution in [0, 0.1) is 5.41 Å². The molecular formula is C19H29N5O3. The molecule has 1 heterocycles. The molecule has 8 heteroatoms. The largest absolute Gasteiger partial charge is 0.354 e. The second-order valence-corrected chi connectivity index (χ2v) is 8.38. The van der Waals surface area contributed by atoms with Crippen molar-refractivity contribution in [3.63, 3.8) is 0 Å². The fourth-order valence-corrected chi connectivity index (χ4v) is 2.54. The van der Waals surface area contributed by atoms with Crippen LogP contribution < -0.4 is 26.2 Å². The van der Waals surface area contributed by atoms with Crippen LogP contribution in [0.3, 0.4) is 0 Å². The number of hydrogen-bond donors (Lipinski definition) is 4. The summed E-state index contributed by atoms with van der Waals surface area (Å²) < 4.78 is 0. The highest BCUT2D eigenvalue weighted by atomic mass is 16.2. The standard InChI is InChI=1S/C19H29N5O3/c1-18(2,3)12-21-15(25)19(4,5)23-16(26)22-13-7-6-8-14(11-13)24-10-9-20-17(24)27/h6-8,11H,9-10,12H2,1-5H3,(H,20,27)(H,21,25)(H2,22,23,26). The van der Waals surface area contributed by atoms with Gasteiger partial charge in [-0.25, -0.2) is 9.59 Å². The Hall–Kier alpha value is -2.77. The average molecular weight is 375 g/mol. The summed E-state index contributed by atoms with van der Waals surface area (Å²) in [5.41, 5.74) is 0.124. The molecule has 1 aromatic rings. The number of amides is 5. The van der Waals surface area contributed by atoms with Gasteiger partial charge in [-0.2, -0.15) is 0 Å². The van der Waals surface area contributed by atoms with Crippen LogP contribution in [0.5, 0.6) is 0 Å². The third-order valence-corrected chi connectivity index (χ3v) is 4.05. The predicted molar refractivity (Wildman–Crippen MR) is 106 cm³/mol. The van der Waals surface area contributed by atoms with Crippen LogP contribution >= 0.6 is 0 Å². The summed E-state index contributed by atoms with van der Waals surface area (Å²) in [5, 5.41) is 11.0. The van der Waals surface area contributed by atoms with Gasteiger partial charge in [0.15, 0.2) is 0 Å². The highest BCUT2D eigenvalue weighted by Gasteiger charge is 2.30. The molecule has 1 aliphatic rings. The van der Waals surface area contributed by atoms with Gasteiger partial charge in [0, 0.05) is 31.0 Å². The molecule has 0 atom stereocenters. The second kappa shape index (κ2) is 7.85. The maximum atomic E-state index is 12.4. The minimum Gasteiger partial charge on any atom is -0.354 e. The quantitative estimate of drug-likeness (QED) is 0.635. The molecule has 27 heavy (non-hydrogen) atoms. The Bertz CT molecular complexity index is 724. The maximum Gasteiger partial charge on any atom is 0.321 e. The van der Waals surface area contributed by atoms with Crippen molar-refractivity contribution in [2.45, 2.75) is 40.2 Å². The average Bonchev–Trinajstić information content (AvgIpc) is 2.97. The van der Waals surface area contributed by atoms with Crippen LogP contribution in [0.25, 0.3) is 0 Å². The monoisotopic (exact) mass is 375 g/mol. The third kappa shape index (κ3) is 5.87. The molecule has 0 saturated carbocycles. The summed E-state index contributed by atoms with van der Waals surface area (Å²) in [4.78, 5) is 38.1. The molecule has 0 radical (unpaired) electrons. The number of carbonyl (C=O) groups excluding carboxylic acids is 3. The van der Waals surface area contributed by atoms with E-state index in [2.05, 4.69) is 21.3 Å². The van der Waals surface area contributed by atoms with E-state index in [4.69, 9.17) is 0 Å². The van der Waals surface area contributed by atoms with Crippen molar-refractivity contribution in [1.82, 2.24) is 16.0 Å². The third-order valence-electron chi connectivity index (χ3n) is 4.05. The molecule has 0 bridgehead atoms. The molecule has 148 valence electrons. The van der Waals surface area contributed by atoms with Gasteiger partial charge in [0.2, 0.25) is 5.91 Å². The molecule has 8 nitrogen and oxygen atoms in total. The van der Waals surface area contributed by atoms with Gasteiger partial charge in [-0.1, -0.05) is 26.8 Å². The zero-order chi connectivity index (χ0) is 20.2. The van der Waals surface area contributed by atoms with Gasteiger partial charge in [0.25, 0.3) is 0 Å². The van der Waals surface area contributed by atoms with Gasteiger partial charge >= 0.3 is 12.1 Å². The zero-order valence-corrected chi connectivity index (χ0v) is 16.6. The van der Waals surface area contributed by atoms with E-state index in [1.807, 2.05) is 20.8 Å². The highest BCUT2D eigenvalue weighted by molar-refractivity contribution is 5.97. The van der Waals surface area contributed by atoms with Gasteiger partial charge in [0.1, 0.15) is 5.54 Å². The maximum absolute atomic E-state index is 12.4. The Morgan fingerprint density at radius 1 is 1.19 bits per heavy atom. The normalized spacial score (nSPS) is 14.6. The number of hydrogen-bond acceptors (Lipinski definition) is 3. The molecule has 0 spiro atoms. The van der Waals surface area contributed by atoms with E-state index in [0.717, 1.165) is 0 Å². The molecule has 2 rings (SSSR count). The number of rotatable bonds is 5. The van der Waals surface area contributed by atoms with Gasteiger partial charge in [0.05, 0.1) is 0 Å². The first-order valence-electron chi connectivity index (χ1n) is 9.01. The van der Waals surface area contributed by atoms with E-state index in [9.17, 15) is 14.4 Å². The zero-order valence-electron chi connectivity index (χ0n) is 16.6. The molecule has 4 N–H and O–H groups in total. The van der Waals surface area contributed by atoms with Crippen LogP contribution in [0.4, 0.5) is 21.0 Å². The fourth-order valence-electron chi connectivity index (χ4n) is 2.54. The minimum absolute atomic E-state index is 0.0453. The van der Waals surface area contributed by atoms with Crippen LogP contribution in [0.1, 0.15) is 34.6 Å². The van der Waals surface area contributed by atoms with E-state index in [-0.39, 0.29) is 17.4 Å². The summed E-state index contributed by atoms with van der Waals surface area (Å²) in [5.74, 6) is -0.255. The van der Waals surface area contributed by atoms with Crippen LogP contribution in [0.2, 0.25) is 0 Å². The van der Waals surface area contributed by atoms with E-state index in [1.165, 1.54) is 0 Å². The minimum atomic E-state index is -1.07. The smallest absolute Gasteiger partial charge is 0.321 e. The number of carbonyl (C=O) groups is 3. The van der Waals surface area contributed by atoms with Crippen molar-refractivity contribution >= 4 is 29.3 Å². The lowest BCUT2D eigenvalue weighted by atomic mass is 9.96. The number of benzene rings is 1. The number of nitrogens with zero attached hydrogens (tertiary/aromatic N) is 1. The van der Waals surface area contributed by atoms with Gasteiger partial charge < -0.3 is 21.3 Å². The van der Waals surface area contributed by atoms with Crippen molar-refractivity contribution in [2.24, 2.45) is 5.41 Å². The molecule has 1 aromatic carbocycles. The number of nitrogens with one attached hydrogen (secondary N) is 4. The first-order valence-corrected chi connectivity index (χ1v) is 9.01.